The van der Waals surface area contributed by atoms with Crippen LogP contribution in [0.5, 0.6) is 0 Å². The van der Waals surface area contributed by atoms with Gasteiger partial charge in [-0.1, -0.05) is 31.9 Å². The predicted molar refractivity (Wildman–Crippen MR) is 69.7 cm³/mol. The molecule has 0 bridgehead atoms. The van der Waals surface area contributed by atoms with Crippen LogP contribution in [0, 0.1) is 17.7 Å². The molecule has 1 aromatic carbocycles. The van der Waals surface area contributed by atoms with Gasteiger partial charge < -0.3 is 5.11 Å². The van der Waals surface area contributed by atoms with E-state index in [4.69, 9.17) is 0 Å². The quantitative estimate of drug-likeness (QED) is 0.801. The van der Waals surface area contributed by atoms with E-state index < -0.39 is 5.60 Å². The Bertz CT molecular complexity index is 448. The van der Waals surface area contributed by atoms with E-state index in [1.165, 1.54) is 18.9 Å². The Balaban J connectivity index is 1.92. The first kappa shape index (κ1) is 12.2. The van der Waals surface area contributed by atoms with E-state index in [2.05, 4.69) is 6.92 Å². The average Bonchev–Trinajstić information content (AvgIpc) is 2.71. The van der Waals surface area contributed by atoms with Crippen molar-refractivity contribution in [2.45, 2.75) is 51.0 Å². The van der Waals surface area contributed by atoms with Crippen molar-refractivity contribution in [3.63, 3.8) is 0 Å². The standard InChI is InChI=1S/C16H21FO/c1-11-5-7-12(8-6-11)16(18)10-9-13-14(16)3-2-4-15(13)17/h2-4,11-12,18H,5-10H2,1H3. The van der Waals surface area contributed by atoms with E-state index >= 15 is 0 Å². The fourth-order valence-electron chi connectivity index (χ4n) is 3.83. The van der Waals surface area contributed by atoms with Gasteiger partial charge in [0.2, 0.25) is 0 Å². The summed E-state index contributed by atoms with van der Waals surface area (Å²) in [6.07, 6.45) is 5.92. The van der Waals surface area contributed by atoms with Gasteiger partial charge in [-0.2, -0.15) is 0 Å². The molecule has 2 aliphatic rings. The molecule has 1 nitrogen and oxygen atoms in total. The van der Waals surface area contributed by atoms with Crippen molar-refractivity contribution in [1.29, 1.82) is 0 Å². The van der Waals surface area contributed by atoms with Crippen molar-refractivity contribution in [2.75, 3.05) is 0 Å². The lowest BCUT2D eigenvalue weighted by Gasteiger charge is -2.38. The molecular weight excluding hydrogens is 227 g/mol. The smallest absolute Gasteiger partial charge is 0.126 e. The zero-order chi connectivity index (χ0) is 12.8. The zero-order valence-corrected chi connectivity index (χ0v) is 11.0. The molecule has 0 amide bonds. The van der Waals surface area contributed by atoms with Crippen molar-refractivity contribution in [2.24, 2.45) is 11.8 Å². The summed E-state index contributed by atoms with van der Waals surface area (Å²) >= 11 is 0. The zero-order valence-electron chi connectivity index (χ0n) is 11.0. The molecule has 0 radical (unpaired) electrons. The molecule has 1 saturated carbocycles. The van der Waals surface area contributed by atoms with E-state index in [1.807, 2.05) is 6.07 Å². The molecule has 1 aromatic rings. The Morgan fingerprint density at radius 2 is 1.94 bits per heavy atom. The first-order valence-electron chi connectivity index (χ1n) is 7.11. The predicted octanol–water partition coefficient (Wildman–Crippen LogP) is 3.79. The Morgan fingerprint density at radius 3 is 2.67 bits per heavy atom. The molecule has 98 valence electrons. The minimum absolute atomic E-state index is 0.146. The van der Waals surface area contributed by atoms with Crippen LogP contribution in [-0.2, 0) is 12.0 Å². The summed E-state index contributed by atoms with van der Waals surface area (Å²) < 4.78 is 13.8. The Hall–Kier alpha value is -0.890. The Labute approximate surface area is 108 Å². The monoisotopic (exact) mass is 248 g/mol. The van der Waals surface area contributed by atoms with Crippen molar-refractivity contribution >= 4 is 0 Å². The van der Waals surface area contributed by atoms with Gasteiger partial charge in [0.05, 0.1) is 5.60 Å². The van der Waals surface area contributed by atoms with Gasteiger partial charge in [0, 0.05) is 0 Å². The molecule has 2 heteroatoms. The summed E-state index contributed by atoms with van der Waals surface area (Å²) in [4.78, 5) is 0. The molecule has 18 heavy (non-hydrogen) atoms. The van der Waals surface area contributed by atoms with Crippen LogP contribution in [-0.4, -0.2) is 5.11 Å². The summed E-state index contributed by atoms with van der Waals surface area (Å²) in [7, 11) is 0. The maximum absolute atomic E-state index is 13.8. The maximum Gasteiger partial charge on any atom is 0.126 e. The lowest BCUT2D eigenvalue weighted by Crippen LogP contribution is -2.35. The molecule has 3 rings (SSSR count). The molecule has 1 unspecified atom stereocenters. The van der Waals surface area contributed by atoms with Gasteiger partial charge >= 0.3 is 0 Å². The van der Waals surface area contributed by atoms with Crippen LogP contribution in [0.25, 0.3) is 0 Å². The molecule has 1 N–H and O–H groups in total. The van der Waals surface area contributed by atoms with Crippen LogP contribution in [0.15, 0.2) is 18.2 Å². The minimum Gasteiger partial charge on any atom is -0.385 e. The maximum atomic E-state index is 13.8. The molecule has 0 spiro atoms. The van der Waals surface area contributed by atoms with E-state index in [9.17, 15) is 9.50 Å². The molecule has 2 aliphatic carbocycles. The molecule has 1 fully saturated rings. The highest BCUT2D eigenvalue weighted by atomic mass is 19.1. The van der Waals surface area contributed by atoms with E-state index in [0.717, 1.165) is 29.9 Å². The second-order valence-electron chi connectivity index (χ2n) is 6.15. The number of hydrogen-bond donors (Lipinski definition) is 1. The fraction of sp³-hybridized carbons (Fsp3) is 0.625. The summed E-state index contributed by atoms with van der Waals surface area (Å²) in [5.74, 6) is 0.947. The number of rotatable bonds is 1. The largest absolute Gasteiger partial charge is 0.385 e. The van der Waals surface area contributed by atoms with Gasteiger partial charge in [-0.05, 0) is 54.7 Å². The van der Waals surface area contributed by atoms with Gasteiger partial charge in [-0.25, -0.2) is 4.39 Å². The molecule has 0 heterocycles. The van der Waals surface area contributed by atoms with Gasteiger partial charge in [-0.15, -0.1) is 0 Å². The SMILES string of the molecule is CC1CCC(C2(O)CCc3c(F)cccc32)CC1. The third-order valence-electron chi connectivity index (χ3n) is 5.03. The first-order chi connectivity index (χ1) is 8.61. The molecule has 0 aliphatic heterocycles. The normalized spacial score (nSPS) is 35.5. The fourth-order valence-corrected chi connectivity index (χ4v) is 3.83. The number of benzene rings is 1. The topological polar surface area (TPSA) is 20.2 Å². The van der Waals surface area contributed by atoms with E-state index in [0.29, 0.717) is 18.8 Å². The number of hydrogen-bond acceptors (Lipinski definition) is 1. The third-order valence-corrected chi connectivity index (χ3v) is 5.03. The summed E-state index contributed by atoms with van der Waals surface area (Å²) in [6.45, 7) is 2.28. The van der Waals surface area contributed by atoms with E-state index in [1.54, 1.807) is 6.07 Å². The Morgan fingerprint density at radius 1 is 1.22 bits per heavy atom. The molecule has 0 aromatic heterocycles. The first-order valence-corrected chi connectivity index (χ1v) is 7.11. The average molecular weight is 248 g/mol. The van der Waals surface area contributed by atoms with Crippen molar-refractivity contribution < 1.29 is 9.50 Å². The number of halogens is 1. The van der Waals surface area contributed by atoms with Crippen LogP contribution in [0.4, 0.5) is 4.39 Å². The summed E-state index contributed by atoms with van der Waals surface area (Å²) in [5, 5.41) is 11.0. The van der Waals surface area contributed by atoms with Crippen LogP contribution < -0.4 is 0 Å². The summed E-state index contributed by atoms with van der Waals surface area (Å²) in [5.41, 5.74) is 0.845. The van der Waals surface area contributed by atoms with Crippen molar-refractivity contribution in [3.8, 4) is 0 Å². The second-order valence-corrected chi connectivity index (χ2v) is 6.15. The highest BCUT2D eigenvalue weighted by molar-refractivity contribution is 5.38. The van der Waals surface area contributed by atoms with Gasteiger partial charge in [0.25, 0.3) is 0 Å². The van der Waals surface area contributed by atoms with Crippen molar-refractivity contribution in [1.82, 2.24) is 0 Å². The van der Waals surface area contributed by atoms with Gasteiger partial charge in [0.1, 0.15) is 5.82 Å². The third kappa shape index (κ3) is 1.78. The Kier molecular flexibility index (Phi) is 2.93. The van der Waals surface area contributed by atoms with E-state index in [-0.39, 0.29) is 5.82 Å². The summed E-state index contributed by atoms with van der Waals surface area (Å²) in [6, 6.07) is 5.16. The molecule has 1 atom stereocenters. The molecule has 0 saturated heterocycles. The lowest BCUT2D eigenvalue weighted by molar-refractivity contribution is -0.0414. The van der Waals surface area contributed by atoms with Gasteiger partial charge in [0.15, 0.2) is 0 Å². The highest BCUT2D eigenvalue weighted by Gasteiger charge is 2.44. The highest BCUT2D eigenvalue weighted by Crippen LogP contribution is 2.48. The number of fused-ring (bicyclic) bond motifs is 1. The van der Waals surface area contributed by atoms with Gasteiger partial charge in [-0.3, -0.25) is 0 Å². The van der Waals surface area contributed by atoms with Crippen LogP contribution in [0.1, 0.15) is 50.2 Å². The van der Waals surface area contributed by atoms with Crippen LogP contribution in [0.2, 0.25) is 0 Å². The van der Waals surface area contributed by atoms with Crippen LogP contribution in [0.3, 0.4) is 0 Å². The molecular formula is C16H21FO. The second kappa shape index (κ2) is 4.34. The number of aliphatic hydroxyl groups is 1. The van der Waals surface area contributed by atoms with Crippen LogP contribution >= 0.6 is 0 Å². The van der Waals surface area contributed by atoms with Crippen molar-refractivity contribution in [3.05, 3.63) is 35.1 Å². The lowest BCUT2D eigenvalue weighted by atomic mass is 9.71. The minimum atomic E-state index is -0.766.